The number of carboxylic acid groups (broad SMARTS) is 1. The van der Waals surface area contributed by atoms with E-state index in [4.69, 9.17) is 9.88 Å². The number of amides is 1. The fourth-order valence-electron chi connectivity index (χ4n) is 6.53. The van der Waals surface area contributed by atoms with E-state index >= 15 is 0 Å². The number of sulfonamides is 1. The van der Waals surface area contributed by atoms with Crippen LogP contribution in [0, 0.1) is 0 Å². The fourth-order valence-corrected chi connectivity index (χ4v) is 7.08. The van der Waals surface area contributed by atoms with Gasteiger partial charge in [-0.1, -0.05) is 37.5 Å². The maximum Gasteiger partial charge on any atom is 0.335 e. The van der Waals surface area contributed by atoms with Crippen LogP contribution < -0.4 is 9.88 Å². The average Bonchev–Trinajstić information content (AvgIpc) is 3.28. The minimum atomic E-state index is -3.59. The first-order chi connectivity index (χ1) is 20.5. The highest BCUT2D eigenvalue weighted by atomic mass is 32.2. The molecule has 1 fully saturated rings. The molecular formula is C32H42N4O6S. The quantitative estimate of drug-likeness (QED) is 0.350. The summed E-state index contributed by atoms with van der Waals surface area (Å²) in [7, 11) is 0.138. The summed E-state index contributed by atoms with van der Waals surface area (Å²) < 4.78 is 31.2. The minimum absolute atomic E-state index is 0.0544. The Labute approximate surface area is 253 Å². The lowest BCUT2D eigenvalue weighted by molar-refractivity contribution is -0.130. The summed E-state index contributed by atoms with van der Waals surface area (Å²) in [5.74, 6) is -0.0934. The number of aromatic nitrogens is 1. The summed E-state index contributed by atoms with van der Waals surface area (Å²) in [6.07, 6.45) is 6.13. The normalized spacial score (nSPS) is 17.5. The Morgan fingerprint density at radius 1 is 1.07 bits per heavy atom. The lowest BCUT2D eigenvalue weighted by atomic mass is 9.81. The van der Waals surface area contributed by atoms with Crippen molar-refractivity contribution in [3.05, 3.63) is 53.6 Å². The van der Waals surface area contributed by atoms with Crippen molar-refractivity contribution in [2.45, 2.75) is 63.5 Å². The van der Waals surface area contributed by atoms with Crippen molar-refractivity contribution >= 4 is 32.8 Å². The monoisotopic (exact) mass is 610 g/mol. The highest BCUT2D eigenvalue weighted by Crippen LogP contribution is 2.47. The number of ether oxygens (including phenoxy) is 1. The summed E-state index contributed by atoms with van der Waals surface area (Å²) in [5, 5.41) is 16.0. The predicted molar refractivity (Wildman–Crippen MR) is 167 cm³/mol. The van der Waals surface area contributed by atoms with Crippen molar-refractivity contribution < 1.29 is 27.9 Å². The molecule has 2 aliphatic rings. The van der Waals surface area contributed by atoms with E-state index in [1.807, 2.05) is 37.4 Å². The number of fused-ring (bicyclic) bond motifs is 5. The summed E-state index contributed by atoms with van der Waals surface area (Å²) in [6, 6.07) is 13.6. The number of carboxylic acids is 1. The van der Waals surface area contributed by atoms with Gasteiger partial charge in [-0.05, 0) is 62.1 Å². The Morgan fingerprint density at radius 3 is 2.53 bits per heavy atom. The molecule has 1 aliphatic heterocycles. The van der Waals surface area contributed by atoms with E-state index < -0.39 is 16.0 Å². The maximum absolute atomic E-state index is 12.6. The molecule has 2 aromatic carbocycles. The second-order valence-electron chi connectivity index (χ2n) is 12.0. The molecule has 1 aromatic heterocycles. The molecule has 1 atom stereocenters. The number of carbonyl (C=O) groups excluding carboxylic acids is 1. The second kappa shape index (κ2) is 13.1. The van der Waals surface area contributed by atoms with Crippen LogP contribution in [-0.4, -0.2) is 85.4 Å². The zero-order valence-corrected chi connectivity index (χ0v) is 25.8. The first kappa shape index (κ1) is 31.0. The number of carbonyl (C=O) groups is 2. The molecule has 0 bridgehead atoms. The SMILES string of the molecule is CN(CCN(C)[C@H]1COc2ccccc2-c2c(C3CCCCC3)c3ccc(C(=O)O)cc3n2C1)C(=O)CCCS(N)(=O)=O. The van der Waals surface area contributed by atoms with Crippen LogP contribution in [0.3, 0.4) is 0 Å². The Kier molecular flexibility index (Phi) is 9.43. The lowest BCUT2D eigenvalue weighted by Gasteiger charge is -2.33. The summed E-state index contributed by atoms with van der Waals surface area (Å²) >= 11 is 0. The molecule has 232 valence electrons. The molecule has 1 aliphatic carbocycles. The van der Waals surface area contributed by atoms with Gasteiger partial charge in [0.1, 0.15) is 12.4 Å². The average molecular weight is 611 g/mol. The molecule has 1 amide bonds. The molecule has 5 rings (SSSR count). The van der Waals surface area contributed by atoms with Gasteiger partial charge in [-0.3, -0.25) is 9.69 Å². The zero-order valence-electron chi connectivity index (χ0n) is 25.0. The number of rotatable bonds is 10. The number of nitrogens with zero attached hydrogens (tertiary/aromatic N) is 3. The van der Waals surface area contributed by atoms with Crippen molar-refractivity contribution in [3.63, 3.8) is 0 Å². The number of para-hydroxylation sites is 1. The number of hydrogen-bond acceptors (Lipinski definition) is 6. The van der Waals surface area contributed by atoms with Crippen molar-refractivity contribution in [2.75, 3.05) is 39.5 Å². The molecule has 0 unspecified atom stereocenters. The fraction of sp³-hybridized carbons (Fsp3) is 0.500. The standard InChI is InChI=1S/C32H42N4O6S/c1-34(16-17-35(2)29(37)13-8-18-43(33,40)41)24-20-36-27-19-23(32(38)39)14-15-25(27)30(22-9-4-3-5-10-22)31(36)26-11-6-7-12-28(26)42-21-24/h6-7,11-12,14-15,19,22,24H,3-5,8-10,13,16-18,20-21H2,1-2H3,(H,38,39)(H2,33,40,41)/t24-/m1/s1. The first-order valence-electron chi connectivity index (χ1n) is 15.1. The lowest BCUT2D eigenvalue weighted by Crippen LogP contribution is -2.44. The van der Waals surface area contributed by atoms with E-state index in [0.717, 1.165) is 40.8 Å². The van der Waals surface area contributed by atoms with Gasteiger partial charge in [0.15, 0.2) is 0 Å². The van der Waals surface area contributed by atoms with Crippen molar-refractivity contribution in [2.24, 2.45) is 5.14 Å². The van der Waals surface area contributed by atoms with E-state index in [1.54, 1.807) is 18.0 Å². The molecule has 43 heavy (non-hydrogen) atoms. The summed E-state index contributed by atoms with van der Waals surface area (Å²) in [4.78, 5) is 28.4. The van der Waals surface area contributed by atoms with E-state index in [2.05, 4.69) is 15.5 Å². The third-order valence-electron chi connectivity index (χ3n) is 8.99. The van der Waals surface area contributed by atoms with Gasteiger partial charge in [0.05, 0.1) is 23.1 Å². The molecule has 10 nitrogen and oxygen atoms in total. The Morgan fingerprint density at radius 2 is 1.81 bits per heavy atom. The van der Waals surface area contributed by atoms with Crippen LogP contribution in [0.4, 0.5) is 0 Å². The molecule has 3 aromatic rings. The van der Waals surface area contributed by atoms with Crippen LogP contribution in [0.2, 0.25) is 0 Å². The number of likely N-dealkylation sites (N-methyl/N-ethyl adjacent to an activating group) is 2. The highest BCUT2D eigenvalue weighted by molar-refractivity contribution is 7.89. The van der Waals surface area contributed by atoms with Crippen molar-refractivity contribution in [1.82, 2.24) is 14.4 Å². The van der Waals surface area contributed by atoms with Crippen LogP contribution in [0.15, 0.2) is 42.5 Å². The molecule has 3 N–H and O–H groups in total. The largest absolute Gasteiger partial charge is 0.491 e. The predicted octanol–water partition coefficient (Wildman–Crippen LogP) is 4.27. The highest BCUT2D eigenvalue weighted by Gasteiger charge is 2.31. The van der Waals surface area contributed by atoms with E-state index in [-0.39, 0.29) is 36.1 Å². The van der Waals surface area contributed by atoms with Crippen LogP contribution in [0.25, 0.3) is 22.2 Å². The molecule has 2 heterocycles. The number of hydrogen-bond donors (Lipinski definition) is 2. The van der Waals surface area contributed by atoms with Gasteiger partial charge in [0.2, 0.25) is 15.9 Å². The van der Waals surface area contributed by atoms with Crippen LogP contribution in [-0.2, 0) is 21.4 Å². The number of benzene rings is 2. The second-order valence-corrected chi connectivity index (χ2v) is 13.7. The number of aromatic carboxylic acids is 1. The van der Waals surface area contributed by atoms with E-state index in [9.17, 15) is 23.1 Å². The third-order valence-corrected chi connectivity index (χ3v) is 9.85. The molecule has 0 radical (unpaired) electrons. The van der Waals surface area contributed by atoms with Crippen molar-refractivity contribution in [1.29, 1.82) is 0 Å². The van der Waals surface area contributed by atoms with Gasteiger partial charge in [-0.25, -0.2) is 18.4 Å². The first-order valence-corrected chi connectivity index (χ1v) is 16.8. The Bertz CT molecular complexity index is 1590. The van der Waals surface area contributed by atoms with E-state index in [0.29, 0.717) is 32.2 Å². The molecule has 0 saturated heterocycles. The molecule has 0 spiro atoms. The third kappa shape index (κ3) is 7.05. The zero-order chi connectivity index (χ0) is 30.7. The van der Waals surface area contributed by atoms with Gasteiger partial charge in [0.25, 0.3) is 0 Å². The van der Waals surface area contributed by atoms with Gasteiger partial charge < -0.3 is 19.3 Å². The number of nitrogens with two attached hydrogens (primary N) is 1. The van der Waals surface area contributed by atoms with Gasteiger partial charge in [0, 0.05) is 49.6 Å². The summed E-state index contributed by atoms with van der Waals surface area (Å²) in [5.41, 5.74) is 4.62. The van der Waals surface area contributed by atoms with Crippen LogP contribution in [0.1, 0.15) is 66.8 Å². The smallest absolute Gasteiger partial charge is 0.335 e. The van der Waals surface area contributed by atoms with Crippen LogP contribution >= 0.6 is 0 Å². The Hall–Kier alpha value is -3.41. The summed E-state index contributed by atoms with van der Waals surface area (Å²) in [6.45, 7) is 2.07. The molecule has 11 heteroatoms. The Balaban J connectivity index is 1.47. The minimum Gasteiger partial charge on any atom is -0.491 e. The van der Waals surface area contributed by atoms with E-state index in [1.165, 1.54) is 24.8 Å². The maximum atomic E-state index is 12.6. The van der Waals surface area contributed by atoms with Gasteiger partial charge in [-0.2, -0.15) is 0 Å². The van der Waals surface area contributed by atoms with Gasteiger partial charge in [-0.15, -0.1) is 0 Å². The topological polar surface area (TPSA) is 135 Å². The number of primary sulfonamides is 1. The molecule has 1 saturated carbocycles. The molecular weight excluding hydrogens is 568 g/mol. The van der Waals surface area contributed by atoms with Crippen molar-refractivity contribution in [3.8, 4) is 17.0 Å². The van der Waals surface area contributed by atoms with Gasteiger partial charge >= 0.3 is 5.97 Å². The van der Waals surface area contributed by atoms with Crippen LogP contribution in [0.5, 0.6) is 5.75 Å².